The number of fused-ring (bicyclic) bond motifs is 3. The molecule has 8 nitrogen and oxygen atoms in total. The minimum atomic E-state index is -1.17. The first-order chi connectivity index (χ1) is 18.8. The van der Waals surface area contributed by atoms with E-state index >= 15 is 4.39 Å². The van der Waals surface area contributed by atoms with Gasteiger partial charge in [-0.1, -0.05) is 25.7 Å². The Morgan fingerprint density at radius 2 is 1.77 bits per heavy atom. The third-order valence-corrected chi connectivity index (χ3v) is 10.6. The van der Waals surface area contributed by atoms with Crippen LogP contribution in [0.15, 0.2) is 11.8 Å². The van der Waals surface area contributed by atoms with Crippen LogP contribution in [0.25, 0.3) is 0 Å². The molecule has 9 heteroatoms. The first-order valence-electron chi connectivity index (χ1n) is 15.4. The van der Waals surface area contributed by atoms with Gasteiger partial charge in [0, 0.05) is 25.2 Å². The molecule has 0 bridgehead atoms. The highest BCUT2D eigenvalue weighted by Crippen LogP contribution is 2.50. The quantitative estimate of drug-likeness (QED) is 0.474. The van der Waals surface area contributed by atoms with Crippen LogP contribution in [0.1, 0.15) is 51.4 Å². The van der Waals surface area contributed by atoms with Gasteiger partial charge in [-0.25, -0.2) is 4.39 Å². The number of ether oxygens (including phenoxy) is 2. The van der Waals surface area contributed by atoms with Crippen LogP contribution in [0.4, 0.5) is 4.39 Å². The van der Waals surface area contributed by atoms with Crippen molar-refractivity contribution in [3.63, 3.8) is 0 Å². The lowest BCUT2D eigenvalue weighted by Gasteiger charge is -2.61. The summed E-state index contributed by atoms with van der Waals surface area (Å²) in [5, 5.41) is 0. The molecule has 3 saturated carbocycles. The zero-order valence-electron chi connectivity index (χ0n) is 24.0. The van der Waals surface area contributed by atoms with E-state index in [9.17, 15) is 9.59 Å². The van der Waals surface area contributed by atoms with Crippen molar-refractivity contribution in [3.8, 4) is 0 Å². The second-order valence-electron chi connectivity index (χ2n) is 13.2. The summed E-state index contributed by atoms with van der Waals surface area (Å²) < 4.78 is 28.5. The van der Waals surface area contributed by atoms with E-state index in [1.165, 1.54) is 25.7 Å². The first-order valence-corrected chi connectivity index (χ1v) is 15.4. The van der Waals surface area contributed by atoms with Gasteiger partial charge in [0.25, 0.3) is 5.91 Å². The van der Waals surface area contributed by atoms with Crippen molar-refractivity contribution in [2.75, 3.05) is 60.5 Å². The van der Waals surface area contributed by atoms with Gasteiger partial charge in [0.1, 0.15) is 6.17 Å². The van der Waals surface area contributed by atoms with Crippen molar-refractivity contribution in [2.24, 2.45) is 17.8 Å². The number of rotatable bonds is 6. The Kier molecular flexibility index (Phi) is 8.06. The molecule has 0 aromatic rings. The molecule has 5 fully saturated rings. The fourth-order valence-corrected chi connectivity index (χ4v) is 8.67. The molecular weight excluding hydrogens is 499 g/mol. The van der Waals surface area contributed by atoms with Crippen LogP contribution < -0.4 is 0 Å². The van der Waals surface area contributed by atoms with E-state index in [2.05, 4.69) is 28.8 Å². The summed E-state index contributed by atoms with van der Waals surface area (Å²) in [5.41, 5.74) is 0.244. The van der Waals surface area contributed by atoms with Gasteiger partial charge in [0.15, 0.2) is 5.78 Å². The molecule has 39 heavy (non-hydrogen) atoms. The first kappa shape index (κ1) is 27.6. The molecule has 0 radical (unpaired) electrons. The van der Waals surface area contributed by atoms with E-state index in [0.717, 1.165) is 32.4 Å². The summed E-state index contributed by atoms with van der Waals surface area (Å²) in [7, 11) is 6.13. The smallest absolute Gasteiger partial charge is 0.259 e. The molecule has 6 rings (SSSR count). The maximum absolute atomic E-state index is 16.2. The molecule has 0 N–H and O–H groups in total. The van der Waals surface area contributed by atoms with Crippen LogP contribution in [0.3, 0.4) is 0 Å². The number of Topliss-reactive ketones (excluding diaryl/α,β-unsaturated/α-hetero) is 1. The second kappa shape index (κ2) is 11.4. The lowest BCUT2D eigenvalue weighted by Crippen LogP contribution is -2.73. The van der Waals surface area contributed by atoms with Crippen molar-refractivity contribution in [1.29, 1.82) is 0 Å². The lowest BCUT2D eigenvalue weighted by molar-refractivity contribution is -0.219. The summed E-state index contributed by atoms with van der Waals surface area (Å²) in [4.78, 5) is 35.9. The van der Waals surface area contributed by atoms with Gasteiger partial charge in [-0.3, -0.25) is 14.5 Å². The minimum absolute atomic E-state index is 0.0124. The van der Waals surface area contributed by atoms with Gasteiger partial charge in [-0.2, -0.15) is 0 Å². The molecule has 3 aliphatic carbocycles. The molecule has 9 atom stereocenters. The summed E-state index contributed by atoms with van der Waals surface area (Å²) in [6.07, 6.45) is 8.56. The minimum Gasteiger partial charge on any atom is -0.378 e. The number of halogens is 1. The maximum Gasteiger partial charge on any atom is 0.259 e. The lowest BCUT2D eigenvalue weighted by atomic mass is 9.64. The third kappa shape index (κ3) is 5.17. The summed E-state index contributed by atoms with van der Waals surface area (Å²) >= 11 is 0. The molecule has 0 aromatic heterocycles. The molecule has 1 amide bonds. The summed E-state index contributed by atoms with van der Waals surface area (Å²) in [5.74, 6) is 0.378. The number of likely N-dealkylation sites (N-methyl/N-ethyl adjacent to an activating group) is 1. The van der Waals surface area contributed by atoms with E-state index in [1.807, 2.05) is 13.2 Å². The van der Waals surface area contributed by atoms with Crippen molar-refractivity contribution in [3.05, 3.63) is 11.8 Å². The van der Waals surface area contributed by atoms with E-state index in [4.69, 9.17) is 9.47 Å². The maximum atomic E-state index is 16.2. The number of ketones is 1. The van der Waals surface area contributed by atoms with Crippen molar-refractivity contribution >= 4 is 11.7 Å². The van der Waals surface area contributed by atoms with E-state index in [1.54, 1.807) is 4.90 Å². The number of morpholine rings is 2. The predicted octanol–water partition coefficient (Wildman–Crippen LogP) is 2.33. The highest BCUT2D eigenvalue weighted by Gasteiger charge is 2.60. The van der Waals surface area contributed by atoms with Crippen LogP contribution in [-0.4, -0.2) is 128 Å². The van der Waals surface area contributed by atoms with Gasteiger partial charge < -0.3 is 24.2 Å². The van der Waals surface area contributed by atoms with Crippen LogP contribution in [0, 0.1) is 17.8 Å². The average molecular weight is 547 g/mol. The SMILES string of the molecule is CN(C)CCCN(C)C1C(F)CC2C(=O)C(C(=O)N3CCOCC3)=CN3C4CC5CCCCC5CC4OC1C23. The Hall–Kier alpha value is -1.55. The van der Waals surface area contributed by atoms with E-state index in [-0.39, 0.29) is 48.0 Å². The van der Waals surface area contributed by atoms with Crippen LogP contribution >= 0.6 is 0 Å². The van der Waals surface area contributed by atoms with Crippen molar-refractivity contribution in [2.45, 2.75) is 87.9 Å². The van der Waals surface area contributed by atoms with E-state index < -0.39 is 18.1 Å². The molecule has 0 spiro atoms. The molecule has 2 saturated heterocycles. The van der Waals surface area contributed by atoms with Gasteiger partial charge in [0.05, 0.1) is 49.1 Å². The van der Waals surface area contributed by atoms with Gasteiger partial charge >= 0.3 is 0 Å². The normalized spacial score (nSPS) is 40.2. The monoisotopic (exact) mass is 546 g/mol. The van der Waals surface area contributed by atoms with Crippen LogP contribution in [0.2, 0.25) is 0 Å². The Morgan fingerprint density at radius 3 is 2.49 bits per heavy atom. The molecule has 9 unspecified atom stereocenters. The Morgan fingerprint density at radius 1 is 1.05 bits per heavy atom. The number of carbonyl (C=O) groups excluding carboxylic acids is 2. The molecule has 6 aliphatic rings. The summed E-state index contributed by atoms with van der Waals surface area (Å²) in [6, 6.07) is -0.461. The fourth-order valence-electron chi connectivity index (χ4n) is 8.67. The Balaban J connectivity index is 1.33. The molecule has 218 valence electrons. The zero-order valence-corrected chi connectivity index (χ0v) is 24.0. The second-order valence-corrected chi connectivity index (χ2v) is 13.2. The highest BCUT2D eigenvalue weighted by atomic mass is 19.1. The van der Waals surface area contributed by atoms with Crippen molar-refractivity contribution in [1.82, 2.24) is 19.6 Å². The number of carbonyl (C=O) groups is 2. The molecule has 0 aromatic carbocycles. The molecular formula is C30H47FN4O4. The highest BCUT2D eigenvalue weighted by molar-refractivity contribution is 6.20. The number of nitrogens with zero attached hydrogens (tertiary/aromatic N) is 4. The predicted molar refractivity (Wildman–Crippen MR) is 146 cm³/mol. The topological polar surface area (TPSA) is 65.6 Å². The van der Waals surface area contributed by atoms with Gasteiger partial charge in [0.2, 0.25) is 0 Å². The number of hydrogen-bond acceptors (Lipinski definition) is 7. The number of amides is 1. The van der Waals surface area contributed by atoms with E-state index in [0.29, 0.717) is 38.1 Å². The Labute approximate surface area is 232 Å². The standard InChI is InChI=1S/C30H47FN4O4/c1-32(2)9-6-10-33(3)27-23(31)17-21-26-29(27)39-25-16-20-8-5-4-7-19(20)15-24(25)35(26)18-22(28(21)36)30(37)34-11-13-38-14-12-34/h18-21,23-27,29H,4-17H2,1-3H3. The molecule has 3 aliphatic heterocycles. The van der Waals surface area contributed by atoms with Gasteiger partial charge in [-0.15, -0.1) is 0 Å². The fraction of sp³-hybridized carbons (Fsp3) is 0.867. The largest absolute Gasteiger partial charge is 0.378 e. The van der Waals surface area contributed by atoms with Gasteiger partial charge in [-0.05, 0) is 71.8 Å². The molecule has 3 heterocycles. The average Bonchev–Trinajstić information content (AvgIpc) is 2.93. The Bertz CT molecular complexity index is 955. The summed E-state index contributed by atoms with van der Waals surface area (Å²) in [6.45, 7) is 3.68. The van der Waals surface area contributed by atoms with Crippen molar-refractivity contribution < 1.29 is 23.5 Å². The van der Waals surface area contributed by atoms with Crippen LogP contribution in [-0.2, 0) is 19.1 Å². The number of alkyl halides is 1. The zero-order chi connectivity index (χ0) is 27.3. The van der Waals surface area contributed by atoms with Crippen LogP contribution in [0.5, 0.6) is 0 Å². The third-order valence-electron chi connectivity index (χ3n) is 10.6. The number of hydrogen-bond donors (Lipinski definition) is 0.